The van der Waals surface area contributed by atoms with Crippen LogP contribution in [-0.2, 0) is 26.2 Å². The van der Waals surface area contributed by atoms with Gasteiger partial charge in [0, 0.05) is 12.6 Å². The zero-order chi connectivity index (χ0) is 31.1. The Hall–Kier alpha value is -3.85. The van der Waals surface area contributed by atoms with Crippen LogP contribution in [0.15, 0.2) is 71.6 Å². The van der Waals surface area contributed by atoms with E-state index in [1.807, 2.05) is 58.0 Å². The second-order valence-electron chi connectivity index (χ2n) is 11.4. The summed E-state index contributed by atoms with van der Waals surface area (Å²) in [5, 5.41) is 3.14. The van der Waals surface area contributed by atoms with Crippen molar-refractivity contribution in [2.45, 2.75) is 83.3 Å². The number of aryl methyl sites for hydroxylation is 3. The summed E-state index contributed by atoms with van der Waals surface area (Å²) in [5.74, 6) is -0.0537. The topological polar surface area (TPSA) is 96.0 Å². The highest BCUT2D eigenvalue weighted by molar-refractivity contribution is 7.92. The molecule has 3 aromatic carbocycles. The lowest BCUT2D eigenvalue weighted by Gasteiger charge is -2.34. The first-order valence-electron chi connectivity index (χ1n) is 14.9. The summed E-state index contributed by atoms with van der Waals surface area (Å²) in [7, 11) is -2.55. The average molecular weight is 606 g/mol. The van der Waals surface area contributed by atoms with Crippen LogP contribution in [0.3, 0.4) is 0 Å². The lowest BCUT2D eigenvalue weighted by atomic mass is 10.1. The molecule has 1 atom stereocenters. The largest absolute Gasteiger partial charge is 0.497 e. The number of rotatable bonds is 12. The molecule has 9 heteroatoms. The lowest BCUT2D eigenvalue weighted by molar-refractivity contribution is -0.140. The monoisotopic (exact) mass is 605 g/mol. The number of hydrogen-bond donors (Lipinski definition) is 1. The molecule has 1 aliphatic rings. The molecule has 2 amide bonds. The van der Waals surface area contributed by atoms with Crippen LogP contribution in [0.25, 0.3) is 0 Å². The zero-order valence-electron chi connectivity index (χ0n) is 25.8. The lowest BCUT2D eigenvalue weighted by Crippen LogP contribution is -2.53. The Balaban J connectivity index is 1.74. The normalized spacial score (nSPS) is 14.3. The molecule has 43 heavy (non-hydrogen) atoms. The SMILES string of the molecule is CC[C@H](C(=O)NC1CCCC1)N(Cc1cccc(OC)c1)C(=O)CN(c1ccc(C)c(C)c1)S(=O)(=O)c1ccc(C)cc1. The van der Waals surface area contributed by atoms with Crippen molar-refractivity contribution in [2.75, 3.05) is 18.0 Å². The minimum atomic E-state index is -4.12. The van der Waals surface area contributed by atoms with Gasteiger partial charge in [0.1, 0.15) is 18.3 Å². The number of methoxy groups -OCH3 is 1. The van der Waals surface area contributed by atoms with Gasteiger partial charge in [-0.1, -0.05) is 55.7 Å². The molecule has 0 spiro atoms. The van der Waals surface area contributed by atoms with Gasteiger partial charge in [0.15, 0.2) is 0 Å². The van der Waals surface area contributed by atoms with Crippen LogP contribution in [-0.4, -0.2) is 50.9 Å². The maximum absolute atomic E-state index is 14.3. The molecule has 230 valence electrons. The van der Waals surface area contributed by atoms with Crippen LogP contribution in [0.4, 0.5) is 5.69 Å². The number of benzene rings is 3. The first-order valence-corrected chi connectivity index (χ1v) is 16.4. The third kappa shape index (κ3) is 7.76. The fourth-order valence-corrected chi connectivity index (χ4v) is 6.91. The Labute approximate surface area is 256 Å². The van der Waals surface area contributed by atoms with Gasteiger partial charge in [-0.05, 0) is 93.1 Å². The number of amides is 2. The molecule has 0 unspecified atom stereocenters. The van der Waals surface area contributed by atoms with Crippen molar-refractivity contribution >= 4 is 27.5 Å². The number of sulfonamides is 1. The van der Waals surface area contributed by atoms with E-state index in [0.29, 0.717) is 17.9 Å². The van der Waals surface area contributed by atoms with E-state index in [2.05, 4.69) is 5.32 Å². The predicted molar refractivity (Wildman–Crippen MR) is 170 cm³/mol. The number of hydrogen-bond acceptors (Lipinski definition) is 5. The van der Waals surface area contributed by atoms with E-state index in [4.69, 9.17) is 4.74 Å². The molecule has 0 aromatic heterocycles. The Morgan fingerprint density at radius 1 is 0.953 bits per heavy atom. The molecule has 1 N–H and O–H groups in total. The quantitative estimate of drug-likeness (QED) is 0.287. The Morgan fingerprint density at radius 2 is 1.65 bits per heavy atom. The Bertz CT molecular complexity index is 1530. The van der Waals surface area contributed by atoms with Crippen LogP contribution < -0.4 is 14.4 Å². The van der Waals surface area contributed by atoms with E-state index < -0.39 is 28.5 Å². The van der Waals surface area contributed by atoms with E-state index in [0.717, 1.165) is 52.2 Å². The smallest absolute Gasteiger partial charge is 0.264 e. The molecule has 0 aliphatic heterocycles. The summed E-state index contributed by atoms with van der Waals surface area (Å²) in [5.41, 5.74) is 4.01. The molecule has 0 bridgehead atoms. The molecular weight excluding hydrogens is 562 g/mol. The van der Waals surface area contributed by atoms with Crippen molar-refractivity contribution in [3.05, 3.63) is 89.0 Å². The van der Waals surface area contributed by atoms with Gasteiger partial charge in [-0.15, -0.1) is 0 Å². The fourth-order valence-electron chi connectivity index (χ4n) is 5.50. The van der Waals surface area contributed by atoms with Crippen molar-refractivity contribution in [1.29, 1.82) is 0 Å². The average Bonchev–Trinajstić information content (AvgIpc) is 3.50. The molecule has 1 fully saturated rings. The van der Waals surface area contributed by atoms with E-state index in [9.17, 15) is 18.0 Å². The summed E-state index contributed by atoms with van der Waals surface area (Å²) in [4.78, 5) is 29.5. The predicted octanol–water partition coefficient (Wildman–Crippen LogP) is 5.68. The van der Waals surface area contributed by atoms with E-state index >= 15 is 0 Å². The van der Waals surface area contributed by atoms with Gasteiger partial charge in [-0.2, -0.15) is 0 Å². The Kier molecular flexibility index (Phi) is 10.5. The van der Waals surface area contributed by atoms with Crippen LogP contribution >= 0.6 is 0 Å². The van der Waals surface area contributed by atoms with Gasteiger partial charge in [-0.3, -0.25) is 13.9 Å². The first-order chi connectivity index (χ1) is 20.5. The van der Waals surface area contributed by atoms with Gasteiger partial charge in [-0.25, -0.2) is 8.42 Å². The minimum Gasteiger partial charge on any atom is -0.497 e. The van der Waals surface area contributed by atoms with Crippen LogP contribution in [0, 0.1) is 20.8 Å². The van der Waals surface area contributed by atoms with Crippen LogP contribution in [0.5, 0.6) is 5.75 Å². The van der Waals surface area contributed by atoms with Crippen LogP contribution in [0.1, 0.15) is 61.3 Å². The summed E-state index contributed by atoms with van der Waals surface area (Å²) >= 11 is 0. The first kappa shape index (κ1) is 32.1. The van der Waals surface area contributed by atoms with Crippen molar-refractivity contribution in [2.24, 2.45) is 0 Å². The van der Waals surface area contributed by atoms with Gasteiger partial charge >= 0.3 is 0 Å². The van der Waals surface area contributed by atoms with E-state index in [-0.39, 0.29) is 23.4 Å². The second kappa shape index (κ2) is 14.1. The maximum atomic E-state index is 14.3. The van der Waals surface area contributed by atoms with Gasteiger partial charge < -0.3 is 15.0 Å². The van der Waals surface area contributed by atoms with Crippen LogP contribution in [0.2, 0.25) is 0 Å². The summed E-state index contributed by atoms with van der Waals surface area (Å²) in [6.07, 6.45) is 4.34. The van der Waals surface area contributed by atoms with E-state index in [1.165, 1.54) is 4.90 Å². The number of nitrogens with one attached hydrogen (secondary N) is 1. The fraction of sp³-hybridized carbons (Fsp3) is 0.412. The standard InChI is InChI=1S/C34H43N3O5S/c1-6-32(34(39)35-28-11-7-8-12-28)36(22-27-10-9-13-30(21-27)42-5)33(38)23-37(29-17-16-25(3)26(4)20-29)43(40,41)31-18-14-24(2)15-19-31/h9-10,13-21,28,32H,6-8,11-12,22-23H2,1-5H3,(H,35,39)/t32-/m1/s1. The minimum absolute atomic E-state index is 0.0873. The molecule has 1 aliphatic carbocycles. The van der Waals surface area contributed by atoms with Crippen molar-refractivity contribution in [3.63, 3.8) is 0 Å². The van der Waals surface area contributed by atoms with Crippen molar-refractivity contribution in [3.8, 4) is 5.75 Å². The Morgan fingerprint density at radius 3 is 2.28 bits per heavy atom. The van der Waals surface area contributed by atoms with Gasteiger partial charge in [0.25, 0.3) is 10.0 Å². The van der Waals surface area contributed by atoms with Crippen molar-refractivity contribution < 1.29 is 22.7 Å². The molecule has 8 nitrogen and oxygen atoms in total. The molecular formula is C34H43N3O5S. The van der Waals surface area contributed by atoms with Gasteiger partial charge in [0.2, 0.25) is 11.8 Å². The third-order valence-corrected chi connectivity index (χ3v) is 10.0. The number of carbonyl (C=O) groups excluding carboxylic acids is 2. The maximum Gasteiger partial charge on any atom is 0.264 e. The summed E-state index contributed by atoms with van der Waals surface area (Å²) in [6, 6.07) is 18.6. The number of nitrogens with zero attached hydrogens (tertiary/aromatic N) is 2. The molecule has 3 aromatic rings. The third-order valence-electron chi connectivity index (χ3n) is 8.24. The molecule has 0 radical (unpaired) electrons. The highest BCUT2D eigenvalue weighted by atomic mass is 32.2. The number of carbonyl (C=O) groups is 2. The van der Waals surface area contributed by atoms with Crippen molar-refractivity contribution in [1.82, 2.24) is 10.2 Å². The second-order valence-corrected chi connectivity index (χ2v) is 13.2. The number of anilines is 1. The molecule has 0 saturated heterocycles. The van der Waals surface area contributed by atoms with E-state index in [1.54, 1.807) is 43.5 Å². The molecule has 4 rings (SSSR count). The highest BCUT2D eigenvalue weighted by Crippen LogP contribution is 2.27. The van der Waals surface area contributed by atoms with Gasteiger partial charge in [0.05, 0.1) is 17.7 Å². The summed E-state index contributed by atoms with van der Waals surface area (Å²) in [6.45, 7) is 7.28. The molecule has 1 saturated carbocycles. The number of ether oxygens (including phenoxy) is 1. The highest BCUT2D eigenvalue weighted by Gasteiger charge is 2.34. The zero-order valence-corrected chi connectivity index (χ0v) is 26.6. The molecule has 0 heterocycles. The summed E-state index contributed by atoms with van der Waals surface area (Å²) < 4.78 is 34.8.